The fraction of sp³-hybridized carbons (Fsp3) is 0.944. The van der Waals surface area contributed by atoms with Crippen molar-refractivity contribution in [1.82, 2.24) is 0 Å². The number of ether oxygens (including phenoxy) is 4. The Bertz CT molecular complexity index is 1630. The van der Waals surface area contributed by atoms with Crippen LogP contribution in [0.2, 0.25) is 0 Å². The molecule has 0 saturated carbocycles. The minimum Gasteiger partial charge on any atom is -0.477 e. The van der Waals surface area contributed by atoms with E-state index >= 15 is 0 Å². The van der Waals surface area contributed by atoms with E-state index in [1.807, 2.05) is 21.1 Å². The van der Waals surface area contributed by atoms with Gasteiger partial charge in [-0.2, -0.15) is 0 Å². The summed E-state index contributed by atoms with van der Waals surface area (Å²) in [5.74, 6) is -1.96. The number of hydrogen-bond acceptors (Lipinski definition) is 7. The molecular weight excluding hydrogens is 1220 g/mol. The third-order valence-corrected chi connectivity index (χ3v) is 21.0. The SMILES string of the molecule is CCCCCCCCCC/C=C\CCCCCCCCCCCCCCCCCCCCCCCCCCCCCC(=O)OC(COC(=O)CCCCCCCCCCCCCCCCCCCCCCCCCCCCCCCCCCCCC)COC(OCC[N+](C)(C)C)C(=O)O. The summed E-state index contributed by atoms with van der Waals surface area (Å²) in [7, 11) is 6.01. The van der Waals surface area contributed by atoms with Crippen molar-refractivity contribution < 1.29 is 42.9 Å². The number of carbonyl (C=O) groups is 3. The van der Waals surface area contributed by atoms with Crippen LogP contribution in [0.15, 0.2) is 12.2 Å². The quantitative estimate of drug-likeness (QED) is 0.0211. The van der Waals surface area contributed by atoms with Gasteiger partial charge >= 0.3 is 17.9 Å². The lowest BCUT2D eigenvalue weighted by Gasteiger charge is -2.25. The summed E-state index contributed by atoms with van der Waals surface area (Å²) in [5.41, 5.74) is 0. The highest BCUT2D eigenvalue weighted by atomic mass is 16.7. The van der Waals surface area contributed by atoms with Gasteiger partial charge in [-0.05, 0) is 38.5 Å². The first-order chi connectivity index (χ1) is 48.6. The van der Waals surface area contributed by atoms with Crippen molar-refractivity contribution in [2.75, 3.05) is 47.5 Å². The lowest BCUT2D eigenvalue weighted by atomic mass is 10.0. The molecule has 1 N–H and O–H groups in total. The van der Waals surface area contributed by atoms with Gasteiger partial charge in [-0.3, -0.25) is 9.59 Å². The van der Waals surface area contributed by atoms with Crippen LogP contribution < -0.4 is 0 Å². The predicted octanol–water partition coefficient (Wildman–Crippen LogP) is 29.1. The number of carboxylic acids is 1. The van der Waals surface area contributed by atoms with Gasteiger partial charge in [0.2, 0.25) is 0 Å². The van der Waals surface area contributed by atoms with Crippen LogP contribution in [-0.4, -0.2) is 87.4 Å². The minimum absolute atomic E-state index is 0.172. The maximum atomic E-state index is 13.0. The van der Waals surface area contributed by atoms with Crippen molar-refractivity contribution >= 4 is 17.9 Å². The number of aliphatic carboxylic acids is 1. The normalized spacial score (nSPS) is 12.5. The molecule has 99 heavy (non-hydrogen) atoms. The second-order valence-corrected chi connectivity index (χ2v) is 32.3. The van der Waals surface area contributed by atoms with E-state index in [2.05, 4.69) is 26.0 Å². The van der Waals surface area contributed by atoms with Crippen LogP contribution in [0.1, 0.15) is 489 Å². The van der Waals surface area contributed by atoms with E-state index < -0.39 is 18.4 Å². The molecule has 0 heterocycles. The molecule has 0 aliphatic heterocycles. The van der Waals surface area contributed by atoms with E-state index in [0.717, 1.165) is 38.5 Å². The second-order valence-electron chi connectivity index (χ2n) is 32.3. The molecule has 0 saturated heterocycles. The van der Waals surface area contributed by atoms with Crippen molar-refractivity contribution in [3.63, 3.8) is 0 Å². The first kappa shape index (κ1) is 97.0. The summed E-state index contributed by atoms with van der Waals surface area (Å²) in [5, 5.41) is 9.79. The number of carbonyl (C=O) groups excluding carboxylic acids is 2. The fourth-order valence-electron chi connectivity index (χ4n) is 14.2. The number of rotatable bonds is 86. The van der Waals surface area contributed by atoms with E-state index in [0.29, 0.717) is 17.4 Å². The molecule has 0 fully saturated rings. The van der Waals surface area contributed by atoms with Gasteiger partial charge in [0.15, 0.2) is 6.10 Å². The van der Waals surface area contributed by atoms with Crippen molar-refractivity contribution in [2.45, 2.75) is 501 Å². The summed E-state index contributed by atoms with van der Waals surface area (Å²) >= 11 is 0. The van der Waals surface area contributed by atoms with Crippen molar-refractivity contribution in [3.8, 4) is 0 Å². The molecular formula is C90H176NO8+. The Morgan fingerprint density at radius 3 is 0.747 bits per heavy atom. The zero-order valence-corrected chi connectivity index (χ0v) is 67.7. The molecule has 0 aromatic rings. The van der Waals surface area contributed by atoms with Gasteiger partial charge in [-0.25, -0.2) is 4.79 Å². The minimum atomic E-state index is -1.51. The molecule has 0 aliphatic rings. The highest BCUT2D eigenvalue weighted by Crippen LogP contribution is 2.22. The van der Waals surface area contributed by atoms with Gasteiger partial charge in [-0.15, -0.1) is 0 Å². The van der Waals surface area contributed by atoms with E-state index in [4.69, 9.17) is 18.9 Å². The number of allylic oxidation sites excluding steroid dienone is 2. The van der Waals surface area contributed by atoms with Crippen molar-refractivity contribution in [1.29, 1.82) is 0 Å². The molecule has 2 atom stereocenters. The standard InChI is InChI=1S/C90H175NO8/c1-6-8-10-12-14-16-18-20-22-24-26-28-30-32-34-36-38-40-42-43-44-45-47-49-51-53-55-57-59-61-63-65-67-69-71-73-75-77-79-81-88(93)99-86(85-98-90(89(94)95)96-83-82-91(3,4)5)84-97-87(92)80-78-76-74-72-70-68-66-64-62-60-58-56-54-52-50-48-46-41-39-37-35-33-31-29-27-25-23-21-19-17-15-13-11-9-7-2/h24,26,86,90H,6-23,25,27-85H2,1-5H3/p+1/b26-24-. The van der Waals surface area contributed by atoms with E-state index in [9.17, 15) is 19.5 Å². The summed E-state index contributed by atoms with van der Waals surface area (Å²) < 4.78 is 23.1. The van der Waals surface area contributed by atoms with E-state index in [1.165, 1.54) is 424 Å². The molecule has 0 bridgehead atoms. The van der Waals surface area contributed by atoms with Gasteiger partial charge in [0.1, 0.15) is 13.2 Å². The molecule has 0 spiro atoms. The van der Waals surface area contributed by atoms with Crippen molar-refractivity contribution in [2.24, 2.45) is 0 Å². The Kier molecular flexibility index (Phi) is 80.1. The monoisotopic (exact) mass is 1400 g/mol. The van der Waals surface area contributed by atoms with Crippen LogP contribution >= 0.6 is 0 Å². The molecule has 0 aromatic heterocycles. The maximum Gasteiger partial charge on any atom is 0.361 e. The smallest absolute Gasteiger partial charge is 0.361 e. The second kappa shape index (κ2) is 81.7. The zero-order valence-electron chi connectivity index (χ0n) is 67.7. The number of quaternary nitrogens is 1. The third-order valence-electron chi connectivity index (χ3n) is 21.0. The average Bonchev–Trinajstić information content (AvgIpc) is 1.14. The first-order valence-electron chi connectivity index (χ1n) is 44.9. The molecule has 588 valence electrons. The molecule has 9 heteroatoms. The topological polar surface area (TPSA) is 108 Å². The highest BCUT2D eigenvalue weighted by Gasteiger charge is 2.25. The largest absolute Gasteiger partial charge is 0.477 e. The Morgan fingerprint density at radius 1 is 0.293 bits per heavy atom. The Balaban J connectivity index is 3.88. The highest BCUT2D eigenvalue weighted by molar-refractivity contribution is 5.71. The number of hydrogen-bond donors (Lipinski definition) is 1. The third kappa shape index (κ3) is 83.2. The van der Waals surface area contributed by atoms with E-state index in [1.54, 1.807) is 0 Å². The Labute approximate surface area is 618 Å². The summed E-state index contributed by atoms with van der Waals surface area (Å²) in [4.78, 5) is 37.8. The van der Waals surface area contributed by atoms with Crippen LogP contribution in [-0.2, 0) is 33.3 Å². The molecule has 0 radical (unpaired) electrons. The number of nitrogens with zero attached hydrogens (tertiary/aromatic N) is 1. The molecule has 0 aromatic carbocycles. The summed E-state index contributed by atoms with van der Waals surface area (Å²) in [6.45, 7) is 4.98. The number of carboxylic acid groups (broad SMARTS) is 1. The first-order valence-corrected chi connectivity index (χ1v) is 44.9. The van der Waals surface area contributed by atoms with Gasteiger partial charge in [0.05, 0.1) is 34.4 Å². The Hall–Kier alpha value is -1.97. The van der Waals surface area contributed by atoms with Crippen LogP contribution in [0.5, 0.6) is 0 Å². The molecule has 9 nitrogen and oxygen atoms in total. The predicted molar refractivity (Wildman–Crippen MR) is 429 cm³/mol. The zero-order chi connectivity index (χ0) is 71.8. The van der Waals surface area contributed by atoms with Crippen molar-refractivity contribution in [3.05, 3.63) is 12.2 Å². The van der Waals surface area contributed by atoms with Crippen LogP contribution in [0.3, 0.4) is 0 Å². The van der Waals surface area contributed by atoms with Gasteiger partial charge < -0.3 is 28.5 Å². The number of unbranched alkanes of at least 4 members (excludes halogenated alkanes) is 69. The number of likely N-dealkylation sites (N-methyl/N-ethyl adjacent to an activating group) is 1. The molecule has 0 rings (SSSR count). The van der Waals surface area contributed by atoms with Crippen LogP contribution in [0, 0.1) is 0 Å². The molecule has 2 unspecified atom stereocenters. The fourth-order valence-corrected chi connectivity index (χ4v) is 14.2. The van der Waals surface area contributed by atoms with Gasteiger partial charge in [-0.1, -0.05) is 450 Å². The van der Waals surface area contributed by atoms with Gasteiger partial charge in [0, 0.05) is 12.8 Å². The van der Waals surface area contributed by atoms with Crippen LogP contribution in [0.25, 0.3) is 0 Å². The van der Waals surface area contributed by atoms with Gasteiger partial charge in [0.25, 0.3) is 6.29 Å². The molecule has 0 aliphatic carbocycles. The Morgan fingerprint density at radius 2 is 0.515 bits per heavy atom. The maximum absolute atomic E-state index is 13.0. The average molecular weight is 1400 g/mol. The lowest BCUT2D eigenvalue weighted by Crippen LogP contribution is -2.40. The van der Waals surface area contributed by atoms with E-state index in [-0.39, 0.29) is 38.2 Å². The number of esters is 2. The van der Waals surface area contributed by atoms with Crippen LogP contribution in [0.4, 0.5) is 0 Å². The summed E-state index contributed by atoms with van der Waals surface area (Å²) in [6.07, 6.45) is 101. The lowest BCUT2D eigenvalue weighted by molar-refractivity contribution is -0.870. The molecule has 0 amide bonds. The summed E-state index contributed by atoms with van der Waals surface area (Å²) in [6, 6.07) is 0.